The van der Waals surface area contributed by atoms with Crippen molar-refractivity contribution in [1.29, 1.82) is 0 Å². The molecule has 2 aromatic carbocycles. The first-order valence-electron chi connectivity index (χ1n) is 14.9. The van der Waals surface area contributed by atoms with Gasteiger partial charge in [0.05, 0.1) is 31.8 Å². The standard InChI is InChI=1S/C33H39N5O4/c1-41-28-19-25(20-29(21-28)42-2)23-37-30-5-3-4-6-31(30)38(33(37)40)27-11-17-36(18-12-27)32(39)26-9-15-35(16-10-26)22-24-7-13-34-14-8-24/h3-8,13-14,19-21,26-27H,9-12,15-18,22-23H2,1-2H3. The smallest absolute Gasteiger partial charge is 0.329 e. The summed E-state index contributed by atoms with van der Waals surface area (Å²) in [4.78, 5) is 35.9. The number of likely N-dealkylation sites (tertiary alicyclic amines) is 2. The van der Waals surface area contributed by atoms with E-state index in [0.29, 0.717) is 31.1 Å². The minimum Gasteiger partial charge on any atom is -0.497 e. The van der Waals surface area contributed by atoms with Gasteiger partial charge in [-0.05, 0) is 86.3 Å². The summed E-state index contributed by atoms with van der Waals surface area (Å²) in [5.41, 5.74) is 4.01. The van der Waals surface area contributed by atoms with Crippen LogP contribution in [0.25, 0.3) is 11.0 Å². The molecule has 6 rings (SSSR count). The van der Waals surface area contributed by atoms with Crippen molar-refractivity contribution in [1.82, 2.24) is 23.9 Å². The molecule has 0 radical (unpaired) electrons. The zero-order valence-corrected chi connectivity index (χ0v) is 24.4. The first-order chi connectivity index (χ1) is 20.5. The molecule has 42 heavy (non-hydrogen) atoms. The van der Waals surface area contributed by atoms with Crippen molar-refractivity contribution >= 4 is 16.9 Å². The van der Waals surface area contributed by atoms with Crippen molar-refractivity contribution in [2.24, 2.45) is 5.92 Å². The SMILES string of the molecule is COc1cc(Cn2c(=O)n(C3CCN(C(=O)C4CCN(Cc5ccncc5)CC4)CC3)c3ccccc32)cc(OC)c1. The molecule has 2 aromatic heterocycles. The Labute approximate surface area is 246 Å². The number of imidazole rings is 1. The van der Waals surface area contributed by atoms with E-state index in [9.17, 15) is 9.59 Å². The lowest BCUT2D eigenvalue weighted by atomic mass is 9.93. The second-order valence-electron chi connectivity index (χ2n) is 11.4. The molecule has 0 aliphatic carbocycles. The Hall–Kier alpha value is -4.11. The number of benzene rings is 2. The van der Waals surface area contributed by atoms with Crippen molar-refractivity contribution in [2.45, 2.75) is 44.8 Å². The van der Waals surface area contributed by atoms with Gasteiger partial charge in [0.2, 0.25) is 5.91 Å². The van der Waals surface area contributed by atoms with Crippen LogP contribution in [-0.2, 0) is 17.9 Å². The minimum atomic E-state index is -0.0238. The summed E-state index contributed by atoms with van der Waals surface area (Å²) >= 11 is 0. The summed E-state index contributed by atoms with van der Waals surface area (Å²) in [6, 6.07) is 17.9. The van der Waals surface area contributed by atoms with Crippen LogP contribution in [0, 0.1) is 5.92 Å². The molecule has 0 N–H and O–H groups in total. The van der Waals surface area contributed by atoms with E-state index >= 15 is 0 Å². The number of piperidine rings is 2. The zero-order chi connectivity index (χ0) is 29.1. The third-order valence-corrected chi connectivity index (χ3v) is 8.85. The molecule has 1 amide bonds. The molecule has 9 nitrogen and oxygen atoms in total. The number of rotatable bonds is 8. The van der Waals surface area contributed by atoms with Crippen LogP contribution in [0.1, 0.15) is 42.9 Å². The predicted octanol–water partition coefficient (Wildman–Crippen LogP) is 4.34. The van der Waals surface area contributed by atoms with Gasteiger partial charge in [-0.2, -0.15) is 0 Å². The lowest BCUT2D eigenvalue weighted by molar-refractivity contribution is -0.138. The Morgan fingerprint density at radius 2 is 1.45 bits per heavy atom. The van der Waals surface area contributed by atoms with E-state index in [0.717, 1.165) is 61.9 Å². The summed E-state index contributed by atoms with van der Waals surface area (Å²) in [5.74, 6) is 1.74. The highest BCUT2D eigenvalue weighted by Crippen LogP contribution is 2.29. The first-order valence-corrected chi connectivity index (χ1v) is 14.9. The molecule has 0 bridgehead atoms. The number of nitrogens with zero attached hydrogens (tertiary/aromatic N) is 5. The third kappa shape index (κ3) is 5.79. The summed E-state index contributed by atoms with van der Waals surface area (Å²) in [5, 5.41) is 0. The maximum Gasteiger partial charge on any atom is 0.329 e. The second-order valence-corrected chi connectivity index (χ2v) is 11.4. The average molecular weight is 570 g/mol. The van der Waals surface area contributed by atoms with Crippen LogP contribution >= 0.6 is 0 Å². The van der Waals surface area contributed by atoms with Crippen LogP contribution in [0.2, 0.25) is 0 Å². The minimum absolute atomic E-state index is 0.0238. The number of carbonyl (C=O) groups excluding carboxylic acids is 1. The third-order valence-electron chi connectivity index (χ3n) is 8.85. The molecule has 0 spiro atoms. The largest absolute Gasteiger partial charge is 0.497 e. The summed E-state index contributed by atoms with van der Waals surface area (Å²) < 4.78 is 14.7. The molecule has 2 aliphatic heterocycles. The number of amides is 1. The molecule has 4 aromatic rings. The monoisotopic (exact) mass is 569 g/mol. The van der Waals surface area contributed by atoms with E-state index < -0.39 is 0 Å². The Kier molecular flexibility index (Phi) is 8.28. The van der Waals surface area contributed by atoms with Crippen molar-refractivity contribution < 1.29 is 14.3 Å². The van der Waals surface area contributed by atoms with Crippen molar-refractivity contribution in [3.63, 3.8) is 0 Å². The quantitative estimate of drug-likeness (QED) is 0.314. The zero-order valence-electron chi connectivity index (χ0n) is 24.4. The number of fused-ring (bicyclic) bond motifs is 1. The Balaban J connectivity index is 1.12. The number of ether oxygens (including phenoxy) is 2. The number of methoxy groups -OCH3 is 2. The van der Waals surface area contributed by atoms with Gasteiger partial charge in [-0.1, -0.05) is 12.1 Å². The fraction of sp³-hybridized carbons (Fsp3) is 0.424. The van der Waals surface area contributed by atoms with Gasteiger partial charge in [0.1, 0.15) is 11.5 Å². The van der Waals surface area contributed by atoms with Gasteiger partial charge in [-0.15, -0.1) is 0 Å². The topological polar surface area (TPSA) is 81.8 Å². The predicted molar refractivity (Wildman–Crippen MR) is 162 cm³/mol. The summed E-state index contributed by atoms with van der Waals surface area (Å²) in [7, 11) is 3.25. The summed E-state index contributed by atoms with van der Waals surface area (Å²) in [6.07, 6.45) is 7.00. The van der Waals surface area contributed by atoms with Crippen LogP contribution in [0.4, 0.5) is 0 Å². The van der Waals surface area contributed by atoms with Gasteiger partial charge in [0, 0.05) is 50.1 Å². The highest BCUT2D eigenvalue weighted by atomic mass is 16.5. The Morgan fingerprint density at radius 3 is 2.10 bits per heavy atom. The number of hydrogen-bond acceptors (Lipinski definition) is 6. The molecule has 0 unspecified atom stereocenters. The fourth-order valence-corrected chi connectivity index (χ4v) is 6.57. The first kappa shape index (κ1) is 28.0. The molecule has 4 heterocycles. The number of hydrogen-bond donors (Lipinski definition) is 0. The highest BCUT2D eigenvalue weighted by molar-refractivity contribution is 5.79. The van der Waals surface area contributed by atoms with Crippen LogP contribution < -0.4 is 15.2 Å². The van der Waals surface area contributed by atoms with Crippen LogP contribution in [0.15, 0.2) is 71.8 Å². The van der Waals surface area contributed by atoms with Gasteiger partial charge < -0.3 is 14.4 Å². The van der Waals surface area contributed by atoms with Gasteiger partial charge in [-0.3, -0.25) is 23.8 Å². The number of aromatic nitrogens is 3. The van der Waals surface area contributed by atoms with Crippen LogP contribution in [0.5, 0.6) is 11.5 Å². The molecule has 2 saturated heterocycles. The maximum absolute atomic E-state index is 13.9. The highest BCUT2D eigenvalue weighted by Gasteiger charge is 2.32. The Bertz CT molecular complexity index is 1560. The number of para-hydroxylation sites is 2. The van der Waals surface area contributed by atoms with Gasteiger partial charge in [-0.25, -0.2) is 4.79 Å². The fourth-order valence-electron chi connectivity index (χ4n) is 6.57. The van der Waals surface area contributed by atoms with E-state index in [2.05, 4.69) is 22.0 Å². The van der Waals surface area contributed by atoms with E-state index in [1.165, 1.54) is 5.56 Å². The van der Waals surface area contributed by atoms with E-state index in [1.807, 2.05) is 68.9 Å². The second kappa shape index (κ2) is 12.4. The van der Waals surface area contributed by atoms with Crippen molar-refractivity contribution in [3.8, 4) is 11.5 Å². The normalized spacial score (nSPS) is 17.0. The molecule has 220 valence electrons. The molecular weight excluding hydrogens is 530 g/mol. The molecule has 2 fully saturated rings. The van der Waals surface area contributed by atoms with Crippen molar-refractivity contribution in [3.05, 3.63) is 88.6 Å². The van der Waals surface area contributed by atoms with E-state index in [1.54, 1.807) is 14.2 Å². The molecule has 9 heteroatoms. The Morgan fingerprint density at radius 1 is 0.810 bits per heavy atom. The molecule has 2 aliphatic rings. The van der Waals surface area contributed by atoms with Gasteiger partial charge >= 0.3 is 5.69 Å². The maximum atomic E-state index is 13.9. The summed E-state index contributed by atoms with van der Waals surface area (Å²) in [6.45, 7) is 4.55. The average Bonchev–Trinajstić information content (AvgIpc) is 3.32. The lowest BCUT2D eigenvalue weighted by Gasteiger charge is -2.37. The molecular formula is C33H39N5O4. The number of pyridine rings is 1. The number of carbonyl (C=O) groups is 1. The van der Waals surface area contributed by atoms with E-state index in [4.69, 9.17) is 9.47 Å². The van der Waals surface area contributed by atoms with Gasteiger partial charge in [0.15, 0.2) is 0 Å². The van der Waals surface area contributed by atoms with Crippen LogP contribution in [0.3, 0.4) is 0 Å². The lowest BCUT2D eigenvalue weighted by Crippen LogP contribution is -2.46. The van der Waals surface area contributed by atoms with Crippen molar-refractivity contribution in [2.75, 3.05) is 40.4 Å². The van der Waals surface area contributed by atoms with E-state index in [-0.39, 0.29) is 23.6 Å². The molecule has 0 atom stereocenters. The van der Waals surface area contributed by atoms with Gasteiger partial charge in [0.25, 0.3) is 0 Å². The van der Waals surface area contributed by atoms with Crippen LogP contribution in [-0.4, -0.2) is 70.2 Å². The molecule has 0 saturated carbocycles.